The molecule has 1 N–H and O–H groups in total. The molecule has 1 aliphatic heterocycles. The molecule has 2 heterocycles. The number of nitrogens with zero attached hydrogens (tertiary/aromatic N) is 2. The predicted octanol–water partition coefficient (Wildman–Crippen LogP) is 3.06. The summed E-state index contributed by atoms with van der Waals surface area (Å²) in [6.45, 7) is 1.11. The number of alkyl halides is 3. The first kappa shape index (κ1) is 20.8. The molecule has 29 heavy (non-hydrogen) atoms. The van der Waals surface area contributed by atoms with Gasteiger partial charge in [0.25, 0.3) is 0 Å². The second kappa shape index (κ2) is 8.59. The highest BCUT2D eigenvalue weighted by Gasteiger charge is 2.31. The lowest BCUT2D eigenvalue weighted by atomic mass is 10.1. The lowest BCUT2D eigenvalue weighted by Gasteiger charge is -2.18. The fourth-order valence-corrected chi connectivity index (χ4v) is 3.28. The van der Waals surface area contributed by atoms with Crippen molar-refractivity contribution in [3.05, 3.63) is 47.7 Å². The van der Waals surface area contributed by atoms with Crippen LogP contribution in [0.25, 0.3) is 0 Å². The first-order valence-corrected chi connectivity index (χ1v) is 9.08. The molecule has 0 bridgehead atoms. The van der Waals surface area contributed by atoms with E-state index in [0.29, 0.717) is 36.8 Å². The van der Waals surface area contributed by atoms with Crippen LogP contribution in [0.5, 0.6) is 11.5 Å². The van der Waals surface area contributed by atoms with E-state index in [4.69, 9.17) is 9.47 Å². The van der Waals surface area contributed by atoms with Crippen LogP contribution in [0.2, 0.25) is 0 Å². The number of hydrogen-bond acceptors (Lipinski definition) is 5. The largest absolute Gasteiger partial charge is 0.493 e. The van der Waals surface area contributed by atoms with Gasteiger partial charge in [-0.15, -0.1) is 0 Å². The van der Waals surface area contributed by atoms with Gasteiger partial charge in [-0.05, 0) is 36.2 Å². The van der Waals surface area contributed by atoms with Crippen molar-refractivity contribution < 1.29 is 27.4 Å². The third-order valence-electron chi connectivity index (χ3n) is 4.77. The van der Waals surface area contributed by atoms with E-state index < -0.39 is 11.7 Å². The first-order chi connectivity index (χ1) is 13.8. The minimum absolute atomic E-state index is 0.0910. The van der Waals surface area contributed by atoms with Gasteiger partial charge >= 0.3 is 6.18 Å². The number of anilines is 1. The molecule has 156 valence electrons. The zero-order valence-corrected chi connectivity index (χ0v) is 16.1. The summed E-state index contributed by atoms with van der Waals surface area (Å²) in [5.74, 6) is 1.48. The third kappa shape index (κ3) is 5.10. The number of rotatable bonds is 6. The zero-order chi connectivity index (χ0) is 21.0. The quantitative estimate of drug-likeness (QED) is 0.795. The summed E-state index contributed by atoms with van der Waals surface area (Å²) < 4.78 is 48.4. The van der Waals surface area contributed by atoms with Crippen molar-refractivity contribution in [3.63, 3.8) is 0 Å². The molecule has 2 aromatic rings. The van der Waals surface area contributed by atoms with Gasteiger partial charge in [0, 0.05) is 25.3 Å². The molecule has 0 spiro atoms. The van der Waals surface area contributed by atoms with E-state index in [-0.39, 0.29) is 18.4 Å². The van der Waals surface area contributed by atoms with E-state index >= 15 is 0 Å². The molecule has 9 heteroatoms. The molecule has 1 unspecified atom stereocenters. The number of pyridine rings is 1. The Morgan fingerprint density at radius 3 is 2.59 bits per heavy atom. The van der Waals surface area contributed by atoms with Gasteiger partial charge in [-0.1, -0.05) is 6.07 Å². The molecular formula is C20H22F3N3O3. The molecular weight excluding hydrogens is 387 g/mol. The molecule has 0 saturated carbocycles. The van der Waals surface area contributed by atoms with Crippen LogP contribution in [0.3, 0.4) is 0 Å². The van der Waals surface area contributed by atoms with E-state index in [1.54, 1.807) is 25.3 Å². The third-order valence-corrected chi connectivity index (χ3v) is 4.77. The molecule has 1 saturated heterocycles. The highest BCUT2D eigenvalue weighted by atomic mass is 19.4. The summed E-state index contributed by atoms with van der Waals surface area (Å²) in [4.78, 5) is 18.2. The van der Waals surface area contributed by atoms with Crippen LogP contribution in [-0.2, 0) is 17.4 Å². The average molecular weight is 409 g/mol. The molecule has 3 rings (SSSR count). The number of aromatic nitrogens is 1. The number of hydrogen-bond donors (Lipinski definition) is 1. The standard InChI is InChI=1S/C20H22F3N3O3/c1-28-16-5-3-13(9-17(16)29-2)10-19(27)25-15-7-8-26(12-15)18-6-4-14(11-24-18)20(21,22)23/h3-6,9,11,15H,7-8,10,12H2,1-2H3,(H,25,27). The number of ether oxygens (including phenoxy) is 2. The normalized spacial score (nSPS) is 16.6. The maximum absolute atomic E-state index is 12.7. The maximum atomic E-state index is 12.7. The molecule has 1 fully saturated rings. The van der Waals surface area contributed by atoms with Crippen LogP contribution < -0.4 is 19.7 Å². The van der Waals surface area contributed by atoms with Gasteiger partial charge in [0.1, 0.15) is 5.82 Å². The van der Waals surface area contributed by atoms with Gasteiger partial charge in [0.15, 0.2) is 11.5 Å². The van der Waals surface area contributed by atoms with Crippen LogP contribution in [0.1, 0.15) is 17.5 Å². The Morgan fingerprint density at radius 2 is 1.97 bits per heavy atom. The van der Waals surface area contributed by atoms with Crippen molar-refractivity contribution >= 4 is 11.7 Å². The maximum Gasteiger partial charge on any atom is 0.417 e. The molecule has 1 aliphatic rings. The summed E-state index contributed by atoms with van der Waals surface area (Å²) in [7, 11) is 3.08. The number of halogens is 3. The van der Waals surface area contributed by atoms with Crippen LogP contribution in [0.4, 0.5) is 19.0 Å². The van der Waals surface area contributed by atoms with Crippen molar-refractivity contribution in [2.24, 2.45) is 0 Å². The topological polar surface area (TPSA) is 63.7 Å². The van der Waals surface area contributed by atoms with E-state index in [9.17, 15) is 18.0 Å². The Hall–Kier alpha value is -2.97. The van der Waals surface area contributed by atoms with Crippen LogP contribution >= 0.6 is 0 Å². The van der Waals surface area contributed by atoms with Crippen molar-refractivity contribution in [1.82, 2.24) is 10.3 Å². The Kier molecular flexibility index (Phi) is 6.14. The van der Waals surface area contributed by atoms with Gasteiger partial charge in [0.05, 0.1) is 26.2 Å². The Bertz CT molecular complexity index is 856. The monoisotopic (exact) mass is 409 g/mol. The number of nitrogens with one attached hydrogen (secondary N) is 1. The highest BCUT2D eigenvalue weighted by molar-refractivity contribution is 5.79. The molecule has 0 aliphatic carbocycles. The van der Waals surface area contributed by atoms with Crippen molar-refractivity contribution in [2.45, 2.75) is 25.1 Å². The van der Waals surface area contributed by atoms with Crippen molar-refractivity contribution in [1.29, 1.82) is 0 Å². The highest BCUT2D eigenvalue weighted by Crippen LogP contribution is 2.30. The molecule has 1 atom stereocenters. The SMILES string of the molecule is COc1ccc(CC(=O)NC2CCN(c3ccc(C(F)(F)F)cn3)C2)cc1OC. The Morgan fingerprint density at radius 1 is 1.21 bits per heavy atom. The molecule has 0 radical (unpaired) electrons. The van der Waals surface area contributed by atoms with E-state index in [0.717, 1.165) is 17.8 Å². The van der Waals surface area contributed by atoms with Gasteiger partial charge in [0.2, 0.25) is 5.91 Å². The van der Waals surface area contributed by atoms with E-state index in [1.807, 2.05) is 4.90 Å². The predicted molar refractivity (Wildman–Crippen MR) is 101 cm³/mol. The van der Waals surface area contributed by atoms with Crippen LogP contribution in [0.15, 0.2) is 36.5 Å². The van der Waals surface area contributed by atoms with E-state index in [1.165, 1.54) is 13.2 Å². The van der Waals surface area contributed by atoms with Crippen LogP contribution in [0, 0.1) is 0 Å². The Labute approximate surface area is 166 Å². The second-order valence-electron chi connectivity index (χ2n) is 6.77. The second-order valence-corrected chi connectivity index (χ2v) is 6.77. The van der Waals surface area contributed by atoms with Gasteiger partial charge in [-0.25, -0.2) is 4.98 Å². The molecule has 1 amide bonds. The fraction of sp³-hybridized carbons (Fsp3) is 0.400. The van der Waals surface area contributed by atoms with Gasteiger partial charge < -0.3 is 19.7 Å². The minimum Gasteiger partial charge on any atom is -0.493 e. The number of benzene rings is 1. The lowest BCUT2D eigenvalue weighted by molar-refractivity contribution is -0.137. The molecule has 1 aromatic heterocycles. The molecule has 1 aromatic carbocycles. The smallest absolute Gasteiger partial charge is 0.417 e. The summed E-state index contributed by atoms with van der Waals surface area (Å²) in [6.07, 6.45) is -2.69. The van der Waals surface area contributed by atoms with Crippen molar-refractivity contribution in [2.75, 3.05) is 32.2 Å². The number of amides is 1. The first-order valence-electron chi connectivity index (χ1n) is 9.08. The van der Waals surface area contributed by atoms with Gasteiger partial charge in [-0.3, -0.25) is 4.79 Å². The number of carbonyl (C=O) groups excluding carboxylic acids is 1. The number of carbonyl (C=O) groups is 1. The zero-order valence-electron chi connectivity index (χ0n) is 16.1. The number of methoxy groups -OCH3 is 2. The van der Waals surface area contributed by atoms with Crippen LogP contribution in [-0.4, -0.2) is 44.2 Å². The summed E-state index contributed by atoms with van der Waals surface area (Å²) >= 11 is 0. The van der Waals surface area contributed by atoms with Crippen molar-refractivity contribution in [3.8, 4) is 11.5 Å². The summed E-state index contributed by atoms with van der Waals surface area (Å²) in [6, 6.07) is 7.59. The molecule has 6 nitrogen and oxygen atoms in total. The summed E-state index contributed by atoms with van der Waals surface area (Å²) in [5.41, 5.74) is 0.0135. The lowest BCUT2D eigenvalue weighted by Crippen LogP contribution is -2.38. The Balaban J connectivity index is 1.55. The summed E-state index contributed by atoms with van der Waals surface area (Å²) in [5, 5.41) is 2.97. The van der Waals surface area contributed by atoms with Gasteiger partial charge in [-0.2, -0.15) is 13.2 Å². The average Bonchev–Trinajstić information content (AvgIpc) is 3.15. The fourth-order valence-electron chi connectivity index (χ4n) is 3.28. The minimum atomic E-state index is -4.41. The van der Waals surface area contributed by atoms with E-state index in [2.05, 4.69) is 10.3 Å².